The van der Waals surface area contributed by atoms with Crippen molar-refractivity contribution in [3.05, 3.63) is 60.2 Å². The molecule has 1 heterocycles. The summed E-state index contributed by atoms with van der Waals surface area (Å²) < 4.78 is 5.91. The first-order chi connectivity index (χ1) is 12.3. The number of hydrogen-bond acceptors (Lipinski definition) is 3. The van der Waals surface area contributed by atoms with Crippen LogP contribution in [0.2, 0.25) is 0 Å². The molecule has 2 aromatic rings. The summed E-state index contributed by atoms with van der Waals surface area (Å²) in [6.45, 7) is 2.23. The maximum Gasteiger partial charge on any atom is 0.322 e. The lowest BCUT2D eigenvalue weighted by Crippen LogP contribution is -2.40. The Bertz CT molecular complexity index is 672. The first-order valence-corrected chi connectivity index (χ1v) is 9.88. The third kappa shape index (κ3) is 5.43. The van der Waals surface area contributed by atoms with E-state index in [0.29, 0.717) is 6.61 Å². The number of carbonyl (C=O) groups is 1. The standard InChI is InChI=1S/C20H24N2O2S/c23-20(22-12-15-25-16-13-22)21-18-10-4-5-11-19(18)24-14-6-9-17-7-2-1-3-8-17/h1-5,7-8,10-11H,6,9,12-16H2,(H,21,23). The topological polar surface area (TPSA) is 41.6 Å². The zero-order chi connectivity index (χ0) is 17.3. The van der Waals surface area contributed by atoms with Gasteiger partial charge in [0.25, 0.3) is 0 Å². The molecule has 2 aromatic carbocycles. The number of amides is 2. The molecule has 1 fully saturated rings. The van der Waals surface area contributed by atoms with Crippen LogP contribution in [0.1, 0.15) is 12.0 Å². The molecule has 0 bridgehead atoms. The highest BCUT2D eigenvalue weighted by Crippen LogP contribution is 2.24. The summed E-state index contributed by atoms with van der Waals surface area (Å²) in [4.78, 5) is 14.2. The molecule has 1 aliphatic heterocycles. The molecule has 3 rings (SSSR count). The Hall–Kier alpha value is -2.14. The van der Waals surface area contributed by atoms with Crippen LogP contribution in [0.3, 0.4) is 0 Å². The van der Waals surface area contributed by atoms with Crippen LogP contribution < -0.4 is 10.1 Å². The van der Waals surface area contributed by atoms with E-state index in [1.807, 2.05) is 47.0 Å². The molecule has 132 valence electrons. The fraction of sp³-hybridized carbons (Fsp3) is 0.350. The van der Waals surface area contributed by atoms with Crippen LogP contribution in [-0.4, -0.2) is 42.1 Å². The minimum absolute atomic E-state index is 0.0411. The third-order valence-corrected chi connectivity index (χ3v) is 5.08. The molecule has 25 heavy (non-hydrogen) atoms. The summed E-state index contributed by atoms with van der Waals surface area (Å²) in [6, 6.07) is 18.0. The average Bonchev–Trinajstić information content (AvgIpc) is 2.68. The van der Waals surface area contributed by atoms with Crippen molar-refractivity contribution >= 4 is 23.5 Å². The van der Waals surface area contributed by atoms with Crippen molar-refractivity contribution in [2.45, 2.75) is 12.8 Å². The number of nitrogens with one attached hydrogen (secondary N) is 1. The van der Waals surface area contributed by atoms with Gasteiger partial charge in [0.15, 0.2) is 0 Å². The number of benzene rings is 2. The van der Waals surface area contributed by atoms with Gasteiger partial charge in [0.2, 0.25) is 0 Å². The van der Waals surface area contributed by atoms with E-state index in [1.165, 1.54) is 5.56 Å². The van der Waals surface area contributed by atoms with Crippen molar-refractivity contribution in [2.75, 3.05) is 36.5 Å². The van der Waals surface area contributed by atoms with Crippen LogP contribution in [0.4, 0.5) is 10.5 Å². The molecule has 0 aliphatic carbocycles. The van der Waals surface area contributed by atoms with E-state index in [1.54, 1.807) is 0 Å². The Morgan fingerprint density at radius 2 is 1.76 bits per heavy atom. The number of rotatable bonds is 6. The summed E-state index contributed by atoms with van der Waals surface area (Å²) in [5, 5.41) is 2.99. The maximum atomic E-state index is 12.4. The number of nitrogens with zero attached hydrogens (tertiary/aromatic N) is 1. The summed E-state index contributed by atoms with van der Waals surface area (Å²) in [5.74, 6) is 2.74. The molecule has 0 atom stereocenters. The molecule has 0 radical (unpaired) electrons. The van der Waals surface area contributed by atoms with Crippen molar-refractivity contribution in [3.63, 3.8) is 0 Å². The molecule has 5 heteroatoms. The van der Waals surface area contributed by atoms with E-state index >= 15 is 0 Å². The fourth-order valence-corrected chi connectivity index (χ4v) is 3.66. The van der Waals surface area contributed by atoms with E-state index in [2.05, 4.69) is 29.6 Å². The van der Waals surface area contributed by atoms with Crippen molar-refractivity contribution in [1.29, 1.82) is 0 Å². The van der Waals surface area contributed by atoms with Gasteiger partial charge in [0.1, 0.15) is 5.75 Å². The minimum atomic E-state index is -0.0411. The Morgan fingerprint density at radius 3 is 2.56 bits per heavy atom. The zero-order valence-electron chi connectivity index (χ0n) is 14.3. The highest BCUT2D eigenvalue weighted by atomic mass is 32.2. The van der Waals surface area contributed by atoms with E-state index in [4.69, 9.17) is 4.74 Å². The smallest absolute Gasteiger partial charge is 0.322 e. The lowest BCUT2D eigenvalue weighted by molar-refractivity contribution is 0.216. The fourth-order valence-electron chi connectivity index (χ4n) is 2.76. The molecule has 1 aliphatic rings. The summed E-state index contributed by atoms with van der Waals surface area (Å²) in [5.41, 5.74) is 2.06. The van der Waals surface area contributed by atoms with Crippen molar-refractivity contribution in [3.8, 4) is 5.75 Å². The summed E-state index contributed by atoms with van der Waals surface area (Å²) >= 11 is 1.89. The molecule has 0 spiro atoms. The van der Waals surface area contributed by atoms with E-state index < -0.39 is 0 Å². The lowest BCUT2D eigenvalue weighted by atomic mass is 10.1. The SMILES string of the molecule is O=C(Nc1ccccc1OCCCc1ccccc1)N1CCSCC1. The number of aryl methyl sites for hydroxylation is 1. The van der Waals surface area contributed by atoms with Gasteiger partial charge in [0, 0.05) is 24.6 Å². The number of urea groups is 1. The van der Waals surface area contributed by atoms with E-state index in [9.17, 15) is 4.79 Å². The molecule has 1 N–H and O–H groups in total. The molecule has 0 unspecified atom stereocenters. The minimum Gasteiger partial charge on any atom is -0.491 e. The van der Waals surface area contributed by atoms with Gasteiger partial charge in [-0.15, -0.1) is 0 Å². The Labute approximate surface area is 153 Å². The van der Waals surface area contributed by atoms with Crippen molar-refractivity contribution in [1.82, 2.24) is 4.90 Å². The van der Waals surface area contributed by atoms with E-state index in [-0.39, 0.29) is 6.03 Å². The van der Waals surface area contributed by atoms with Gasteiger partial charge < -0.3 is 15.0 Å². The Morgan fingerprint density at radius 1 is 1.04 bits per heavy atom. The largest absolute Gasteiger partial charge is 0.491 e. The number of ether oxygens (including phenoxy) is 1. The number of carbonyl (C=O) groups excluding carboxylic acids is 1. The second-order valence-corrected chi connectivity index (χ2v) is 7.19. The molecule has 1 saturated heterocycles. The molecule has 0 saturated carbocycles. The van der Waals surface area contributed by atoms with Crippen LogP contribution in [0.25, 0.3) is 0 Å². The van der Waals surface area contributed by atoms with Gasteiger partial charge in [-0.1, -0.05) is 42.5 Å². The molecule has 4 nitrogen and oxygen atoms in total. The van der Waals surface area contributed by atoms with Gasteiger partial charge in [0.05, 0.1) is 12.3 Å². The molecular formula is C20H24N2O2S. The number of para-hydroxylation sites is 2. The first kappa shape index (κ1) is 17.7. The van der Waals surface area contributed by atoms with Gasteiger partial charge in [-0.3, -0.25) is 0 Å². The second-order valence-electron chi connectivity index (χ2n) is 5.96. The molecule has 0 aromatic heterocycles. The number of anilines is 1. The zero-order valence-corrected chi connectivity index (χ0v) is 15.1. The van der Waals surface area contributed by atoms with Crippen LogP contribution in [-0.2, 0) is 6.42 Å². The van der Waals surface area contributed by atoms with Crippen LogP contribution >= 0.6 is 11.8 Å². The Balaban J connectivity index is 1.50. The van der Waals surface area contributed by atoms with Crippen molar-refractivity contribution in [2.24, 2.45) is 0 Å². The third-order valence-electron chi connectivity index (χ3n) is 4.14. The van der Waals surface area contributed by atoms with Gasteiger partial charge in [-0.2, -0.15) is 11.8 Å². The lowest BCUT2D eigenvalue weighted by Gasteiger charge is -2.26. The predicted octanol–water partition coefficient (Wildman–Crippen LogP) is 4.28. The maximum absolute atomic E-state index is 12.4. The average molecular weight is 356 g/mol. The predicted molar refractivity (Wildman–Crippen MR) is 105 cm³/mol. The number of hydrogen-bond donors (Lipinski definition) is 1. The van der Waals surface area contributed by atoms with Crippen molar-refractivity contribution < 1.29 is 9.53 Å². The van der Waals surface area contributed by atoms with Gasteiger partial charge in [-0.05, 0) is 30.5 Å². The highest BCUT2D eigenvalue weighted by Gasteiger charge is 2.17. The first-order valence-electron chi connectivity index (χ1n) is 8.72. The number of thioether (sulfide) groups is 1. The van der Waals surface area contributed by atoms with Crippen LogP contribution in [0, 0.1) is 0 Å². The quantitative estimate of drug-likeness (QED) is 0.786. The molecular weight excluding hydrogens is 332 g/mol. The van der Waals surface area contributed by atoms with Crippen LogP contribution in [0.5, 0.6) is 5.75 Å². The summed E-state index contributed by atoms with van der Waals surface area (Å²) in [7, 11) is 0. The van der Waals surface area contributed by atoms with Crippen LogP contribution in [0.15, 0.2) is 54.6 Å². The second kappa shape index (κ2) is 9.37. The van der Waals surface area contributed by atoms with Gasteiger partial charge in [-0.25, -0.2) is 4.79 Å². The Kier molecular flexibility index (Phi) is 6.63. The molecule has 2 amide bonds. The van der Waals surface area contributed by atoms with E-state index in [0.717, 1.165) is 48.9 Å². The summed E-state index contributed by atoms with van der Waals surface area (Å²) in [6.07, 6.45) is 1.93. The van der Waals surface area contributed by atoms with Gasteiger partial charge >= 0.3 is 6.03 Å². The normalized spacial score (nSPS) is 14.2. The highest BCUT2D eigenvalue weighted by molar-refractivity contribution is 7.99. The monoisotopic (exact) mass is 356 g/mol.